The fourth-order valence-electron chi connectivity index (χ4n) is 1.41. The molecule has 2 heterocycles. The van der Waals surface area contributed by atoms with Crippen LogP contribution in [0, 0.1) is 6.92 Å². The van der Waals surface area contributed by atoms with Crippen LogP contribution in [0.2, 0.25) is 0 Å². The van der Waals surface area contributed by atoms with E-state index in [1.807, 2.05) is 19.1 Å². The van der Waals surface area contributed by atoms with E-state index in [0.717, 1.165) is 17.8 Å². The Morgan fingerprint density at radius 2 is 2.29 bits per heavy atom. The van der Waals surface area contributed by atoms with Gasteiger partial charge in [0.2, 0.25) is 0 Å². The van der Waals surface area contributed by atoms with Crippen LogP contribution in [0.5, 0.6) is 0 Å². The quantitative estimate of drug-likeness (QED) is 0.873. The number of anilines is 1. The lowest BCUT2D eigenvalue weighted by atomic mass is 10.4. The first-order valence-corrected chi connectivity index (χ1v) is 5.01. The molecule has 0 bridgehead atoms. The maximum Gasteiger partial charge on any atom is 0.357 e. The molecule has 0 aliphatic heterocycles. The van der Waals surface area contributed by atoms with Gasteiger partial charge in [0, 0.05) is 7.05 Å². The molecular formula is C11H12N2O4. The minimum absolute atomic E-state index is 0.109. The van der Waals surface area contributed by atoms with E-state index in [1.54, 1.807) is 11.9 Å². The standard InChI is InChI=1S/C11H12N2O4/c1-7-3-4-8(17-7)5-13(2)11-12-9(6-16-11)10(14)15/h3-4,6H,5H2,1-2H3,(H,14,15). The smallest absolute Gasteiger partial charge is 0.357 e. The Kier molecular flexibility index (Phi) is 2.86. The molecule has 0 aromatic carbocycles. The third-order valence-electron chi connectivity index (χ3n) is 2.23. The van der Waals surface area contributed by atoms with Gasteiger partial charge in [-0.1, -0.05) is 0 Å². The van der Waals surface area contributed by atoms with Gasteiger partial charge in [-0.25, -0.2) is 4.79 Å². The monoisotopic (exact) mass is 236 g/mol. The summed E-state index contributed by atoms with van der Waals surface area (Å²) in [4.78, 5) is 16.1. The first-order valence-electron chi connectivity index (χ1n) is 5.01. The summed E-state index contributed by atoms with van der Waals surface area (Å²) in [6.07, 6.45) is 1.11. The molecule has 0 saturated heterocycles. The molecule has 2 aromatic rings. The van der Waals surface area contributed by atoms with E-state index in [4.69, 9.17) is 13.9 Å². The van der Waals surface area contributed by atoms with Crippen molar-refractivity contribution < 1.29 is 18.7 Å². The Balaban J connectivity index is 2.08. The number of hydrogen-bond donors (Lipinski definition) is 1. The molecule has 0 spiro atoms. The highest BCUT2D eigenvalue weighted by Gasteiger charge is 2.14. The number of oxazole rings is 1. The minimum atomic E-state index is -1.11. The Morgan fingerprint density at radius 3 is 2.82 bits per heavy atom. The maximum absolute atomic E-state index is 10.6. The Morgan fingerprint density at radius 1 is 1.53 bits per heavy atom. The number of rotatable bonds is 4. The van der Waals surface area contributed by atoms with E-state index in [2.05, 4.69) is 4.98 Å². The Bertz CT molecular complexity index is 529. The molecule has 0 unspecified atom stereocenters. The SMILES string of the molecule is Cc1ccc(CN(C)c2nc(C(=O)O)co2)o1. The molecule has 90 valence electrons. The van der Waals surface area contributed by atoms with E-state index in [0.29, 0.717) is 6.54 Å². The molecule has 0 amide bonds. The number of nitrogens with zero attached hydrogens (tertiary/aromatic N) is 2. The summed E-state index contributed by atoms with van der Waals surface area (Å²) >= 11 is 0. The highest BCUT2D eigenvalue weighted by atomic mass is 16.4. The van der Waals surface area contributed by atoms with Crippen LogP contribution in [0.3, 0.4) is 0 Å². The third-order valence-corrected chi connectivity index (χ3v) is 2.23. The summed E-state index contributed by atoms with van der Waals surface area (Å²) in [5.41, 5.74) is -0.109. The fraction of sp³-hybridized carbons (Fsp3) is 0.273. The number of carboxylic acid groups (broad SMARTS) is 1. The second kappa shape index (κ2) is 4.32. The lowest BCUT2D eigenvalue weighted by molar-refractivity contribution is 0.0690. The number of aromatic carboxylic acids is 1. The molecule has 2 rings (SSSR count). The van der Waals surface area contributed by atoms with Crippen molar-refractivity contribution in [2.24, 2.45) is 0 Å². The van der Waals surface area contributed by atoms with Gasteiger partial charge in [0.05, 0.1) is 6.54 Å². The van der Waals surface area contributed by atoms with Crippen LogP contribution in [-0.2, 0) is 6.54 Å². The summed E-state index contributed by atoms with van der Waals surface area (Å²) in [5.74, 6) is 0.481. The molecule has 1 N–H and O–H groups in total. The molecular weight excluding hydrogens is 224 g/mol. The van der Waals surface area contributed by atoms with Crippen LogP contribution in [0.15, 0.2) is 27.2 Å². The average molecular weight is 236 g/mol. The Hall–Kier alpha value is -2.24. The molecule has 0 saturated carbocycles. The molecule has 0 aliphatic rings. The van der Waals surface area contributed by atoms with Gasteiger partial charge in [0.15, 0.2) is 5.69 Å². The predicted molar refractivity (Wildman–Crippen MR) is 59.0 cm³/mol. The van der Waals surface area contributed by atoms with Crippen LogP contribution >= 0.6 is 0 Å². The van der Waals surface area contributed by atoms with Crippen LogP contribution in [0.1, 0.15) is 22.0 Å². The average Bonchev–Trinajstić information content (AvgIpc) is 2.86. The van der Waals surface area contributed by atoms with E-state index in [1.165, 1.54) is 0 Å². The van der Waals surface area contributed by atoms with Gasteiger partial charge in [-0.2, -0.15) is 4.98 Å². The van der Waals surface area contributed by atoms with Crippen molar-refractivity contribution in [2.45, 2.75) is 13.5 Å². The summed E-state index contributed by atoms with van der Waals surface area (Å²) < 4.78 is 10.5. The van der Waals surface area contributed by atoms with Gasteiger partial charge < -0.3 is 18.8 Å². The Labute approximate surface area is 97.5 Å². The zero-order valence-corrected chi connectivity index (χ0v) is 9.51. The van der Waals surface area contributed by atoms with Gasteiger partial charge in [0.1, 0.15) is 17.8 Å². The van der Waals surface area contributed by atoms with Crippen molar-refractivity contribution in [1.82, 2.24) is 4.98 Å². The zero-order valence-electron chi connectivity index (χ0n) is 9.51. The highest BCUT2D eigenvalue weighted by molar-refractivity contribution is 5.85. The summed E-state index contributed by atoms with van der Waals surface area (Å²) in [6.45, 7) is 2.32. The summed E-state index contributed by atoms with van der Waals surface area (Å²) in [5, 5.41) is 8.71. The number of hydrogen-bond acceptors (Lipinski definition) is 5. The molecule has 0 radical (unpaired) electrons. The van der Waals surface area contributed by atoms with E-state index in [-0.39, 0.29) is 11.7 Å². The van der Waals surface area contributed by atoms with Gasteiger partial charge in [0.25, 0.3) is 6.01 Å². The predicted octanol–water partition coefficient (Wildman–Crippen LogP) is 1.91. The van der Waals surface area contributed by atoms with Crippen molar-refractivity contribution in [2.75, 3.05) is 11.9 Å². The number of aryl methyl sites for hydroxylation is 1. The summed E-state index contributed by atoms with van der Waals surface area (Å²) in [6, 6.07) is 3.96. The first-order chi connectivity index (χ1) is 8.06. The lowest BCUT2D eigenvalue weighted by Crippen LogP contribution is -2.16. The van der Waals surface area contributed by atoms with Crippen molar-refractivity contribution >= 4 is 12.0 Å². The van der Waals surface area contributed by atoms with Crippen molar-refractivity contribution in [3.8, 4) is 0 Å². The highest BCUT2D eigenvalue weighted by Crippen LogP contribution is 2.16. The fourth-order valence-corrected chi connectivity index (χ4v) is 1.41. The first kappa shape index (κ1) is 11.3. The van der Waals surface area contributed by atoms with Crippen LogP contribution < -0.4 is 4.90 Å². The maximum atomic E-state index is 10.6. The largest absolute Gasteiger partial charge is 0.476 e. The number of aromatic nitrogens is 1. The van der Waals surface area contributed by atoms with E-state index >= 15 is 0 Å². The molecule has 0 aliphatic carbocycles. The molecule has 0 atom stereocenters. The zero-order chi connectivity index (χ0) is 12.4. The third kappa shape index (κ3) is 2.47. The number of carboxylic acids is 1. The van der Waals surface area contributed by atoms with Gasteiger partial charge in [-0.05, 0) is 19.1 Å². The molecule has 2 aromatic heterocycles. The lowest BCUT2D eigenvalue weighted by Gasteiger charge is -2.11. The van der Waals surface area contributed by atoms with Gasteiger partial charge >= 0.3 is 5.97 Å². The summed E-state index contributed by atoms with van der Waals surface area (Å²) in [7, 11) is 1.75. The van der Waals surface area contributed by atoms with E-state index in [9.17, 15) is 4.79 Å². The molecule has 6 nitrogen and oxygen atoms in total. The van der Waals surface area contributed by atoms with Gasteiger partial charge in [-0.3, -0.25) is 0 Å². The number of carbonyl (C=O) groups is 1. The molecule has 17 heavy (non-hydrogen) atoms. The van der Waals surface area contributed by atoms with Crippen molar-refractivity contribution in [3.63, 3.8) is 0 Å². The van der Waals surface area contributed by atoms with Crippen LogP contribution in [0.4, 0.5) is 6.01 Å². The van der Waals surface area contributed by atoms with Gasteiger partial charge in [-0.15, -0.1) is 0 Å². The second-order valence-corrected chi connectivity index (χ2v) is 3.69. The topological polar surface area (TPSA) is 79.7 Å². The van der Waals surface area contributed by atoms with Crippen LogP contribution in [-0.4, -0.2) is 23.1 Å². The minimum Gasteiger partial charge on any atom is -0.476 e. The van der Waals surface area contributed by atoms with Crippen molar-refractivity contribution in [1.29, 1.82) is 0 Å². The molecule has 6 heteroatoms. The number of furan rings is 1. The second-order valence-electron chi connectivity index (χ2n) is 3.69. The normalized spacial score (nSPS) is 10.5. The molecule has 0 fully saturated rings. The van der Waals surface area contributed by atoms with E-state index < -0.39 is 5.97 Å². The van der Waals surface area contributed by atoms with Crippen LogP contribution in [0.25, 0.3) is 0 Å². The van der Waals surface area contributed by atoms with Crippen molar-refractivity contribution in [3.05, 3.63) is 35.6 Å².